The summed E-state index contributed by atoms with van der Waals surface area (Å²) in [4.78, 5) is 12.1. The lowest BCUT2D eigenvalue weighted by molar-refractivity contribution is -0.120. The molecule has 0 aromatic heterocycles. The smallest absolute Gasteiger partial charge is 0.244 e. The van der Waals surface area contributed by atoms with Gasteiger partial charge in [-0.3, -0.25) is 4.79 Å². The molecule has 3 rings (SSSR count). The maximum Gasteiger partial charge on any atom is 0.244 e. The van der Waals surface area contributed by atoms with Gasteiger partial charge in [0.2, 0.25) is 5.91 Å². The normalized spacial score (nSPS) is 10.7. The predicted octanol–water partition coefficient (Wildman–Crippen LogP) is 4.28. The van der Waals surface area contributed by atoms with Crippen molar-refractivity contribution in [3.8, 4) is 11.5 Å². The van der Waals surface area contributed by atoms with Gasteiger partial charge < -0.3 is 9.47 Å². The number of rotatable bonds is 8. The average molecular weight is 388 g/mol. The van der Waals surface area contributed by atoms with Crippen LogP contribution in [0, 0.1) is 6.92 Å². The van der Waals surface area contributed by atoms with Crippen LogP contribution in [-0.2, 0) is 17.8 Å². The first-order valence-corrected chi connectivity index (χ1v) is 9.36. The summed E-state index contributed by atoms with van der Waals surface area (Å²) in [6.45, 7) is 2.52. The van der Waals surface area contributed by atoms with Crippen LogP contribution in [0.5, 0.6) is 11.5 Å². The molecular weight excluding hydrogens is 364 g/mol. The molecule has 148 valence electrons. The maximum absolute atomic E-state index is 12.1. The van der Waals surface area contributed by atoms with Crippen LogP contribution in [0.25, 0.3) is 0 Å². The summed E-state index contributed by atoms with van der Waals surface area (Å²) in [6, 6.07) is 23.2. The highest BCUT2D eigenvalue weighted by atomic mass is 16.5. The van der Waals surface area contributed by atoms with E-state index < -0.39 is 0 Å². The molecule has 0 atom stereocenters. The van der Waals surface area contributed by atoms with Gasteiger partial charge in [-0.1, -0.05) is 54.1 Å². The van der Waals surface area contributed by atoms with Crippen molar-refractivity contribution >= 4 is 12.1 Å². The average Bonchev–Trinajstić information content (AvgIpc) is 2.74. The van der Waals surface area contributed by atoms with E-state index in [4.69, 9.17) is 9.47 Å². The lowest BCUT2D eigenvalue weighted by Gasteiger charge is -2.09. The third-order valence-corrected chi connectivity index (χ3v) is 4.33. The van der Waals surface area contributed by atoms with Crippen LogP contribution in [0.1, 0.15) is 22.3 Å². The van der Waals surface area contributed by atoms with E-state index in [2.05, 4.69) is 29.6 Å². The van der Waals surface area contributed by atoms with Crippen molar-refractivity contribution in [3.63, 3.8) is 0 Å². The van der Waals surface area contributed by atoms with Crippen molar-refractivity contribution in [1.82, 2.24) is 5.43 Å². The summed E-state index contributed by atoms with van der Waals surface area (Å²) in [5, 5.41) is 4.07. The van der Waals surface area contributed by atoms with Crippen LogP contribution < -0.4 is 14.9 Å². The van der Waals surface area contributed by atoms with E-state index in [-0.39, 0.29) is 12.3 Å². The van der Waals surface area contributed by atoms with E-state index in [0.29, 0.717) is 12.4 Å². The molecular formula is C24H24N2O3. The highest BCUT2D eigenvalue weighted by Crippen LogP contribution is 2.18. The first kappa shape index (κ1) is 20.1. The lowest BCUT2D eigenvalue weighted by atomic mass is 10.1. The molecule has 0 saturated heterocycles. The van der Waals surface area contributed by atoms with E-state index in [0.717, 1.165) is 22.4 Å². The number of nitrogens with one attached hydrogen (secondary N) is 1. The Morgan fingerprint density at radius 2 is 1.79 bits per heavy atom. The highest BCUT2D eigenvalue weighted by molar-refractivity contribution is 5.85. The van der Waals surface area contributed by atoms with E-state index in [1.807, 2.05) is 60.7 Å². The van der Waals surface area contributed by atoms with Crippen molar-refractivity contribution in [1.29, 1.82) is 0 Å². The Kier molecular flexibility index (Phi) is 7.00. The number of hydrazone groups is 1. The Labute approximate surface area is 171 Å². The summed E-state index contributed by atoms with van der Waals surface area (Å²) in [5.74, 6) is 1.23. The number of methoxy groups -OCH3 is 1. The molecule has 1 N–H and O–H groups in total. The number of carbonyl (C=O) groups is 1. The zero-order valence-electron chi connectivity index (χ0n) is 16.6. The van der Waals surface area contributed by atoms with Crippen LogP contribution in [0.4, 0.5) is 0 Å². The summed E-state index contributed by atoms with van der Waals surface area (Å²) in [6.07, 6.45) is 1.81. The molecule has 0 radical (unpaired) electrons. The summed E-state index contributed by atoms with van der Waals surface area (Å²) >= 11 is 0. The second-order valence-electron chi connectivity index (χ2n) is 6.63. The predicted molar refractivity (Wildman–Crippen MR) is 114 cm³/mol. The minimum atomic E-state index is -0.201. The second kappa shape index (κ2) is 10.1. The molecule has 0 fully saturated rings. The van der Waals surface area contributed by atoms with Crippen molar-refractivity contribution in [2.75, 3.05) is 7.11 Å². The minimum absolute atomic E-state index is 0.201. The van der Waals surface area contributed by atoms with Gasteiger partial charge in [-0.2, -0.15) is 5.10 Å². The first-order valence-electron chi connectivity index (χ1n) is 9.36. The molecule has 1 amide bonds. The molecule has 5 nitrogen and oxygen atoms in total. The molecule has 29 heavy (non-hydrogen) atoms. The lowest BCUT2D eigenvalue weighted by Crippen LogP contribution is -2.19. The van der Waals surface area contributed by atoms with Gasteiger partial charge in [-0.25, -0.2) is 5.43 Å². The van der Waals surface area contributed by atoms with Crippen molar-refractivity contribution < 1.29 is 14.3 Å². The number of carbonyl (C=O) groups excluding carboxylic acids is 1. The molecule has 0 spiro atoms. The van der Waals surface area contributed by atoms with Gasteiger partial charge in [0.05, 0.1) is 19.7 Å². The zero-order valence-corrected chi connectivity index (χ0v) is 16.6. The Morgan fingerprint density at radius 1 is 1.00 bits per heavy atom. The fourth-order valence-electron chi connectivity index (χ4n) is 2.75. The molecule has 0 aliphatic rings. The Balaban J connectivity index is 1.57. The fraction of sp³-hybridized carbons (Fsp3) is 0.167. The molecule has 3 aromatic carbocycles. The minimum Gasteiger partial charge on any atom is -0.497 e. The van der Waals surface area contributed by atoms with Crippen molar-refractivity contribution in [2.45, 2.75) is 20.0 Å². The van der Waals surface area contributed by atoms with Gasteiger partial charge >= 0.3 is 0 Å². The van der Waals surface area contributed by atoms with Gasteiger partial charge in [0.1, 0.15) is 18.1 Å². The van der Waals surface area contributed by atoms with Gasteiger partial charge in [0.25, 0.3) is 0 Å². The number of aryl methyl sites for hydroxylation is 1. The SMILES string of the molecule is COc1cccc(CC(=O)N/N=C/c2ccccc2OCc2ccc(C)cc2)c1. The maximum atomic E-state index is 12.1. The number of nitrogens with zero attached hydrogens (tertiary/aromatic N) is 1. The number of hydrogen-bond donors (Lipinski definition) is 1. The number of hydrogen-bond acceptors (Lipinski definition) is 4. The number of ether oxygens (including phenoxy) is 2. The van der Waals surface area contributed by atoms with E-state index in [9.17, 15) is 4.79 Å². The topological polar surface area (TPSA) is 59.9 Å². The van der Waals surface area contributed by atoms with Crippen molar-refractivity contribution in [2.24, 2.45) is 5.10 Å². The largest absolute Gasteiger partial charge is 0.497 e. The number of para-hydroxylation sites is 1. The van der Waals surface area contributed by atoms with Crippen LogP contribution >= 0.6 is 0 Å². The van der Waals surface area contributed by atoms with Crippen molar-refractivity contribution in [3.05, 3.63) is 95.1 Å². The summed E-state index contributed by atoms with van der Waals surface area (Å²) in [5.41, 5.74) is 6.52. The Bertz CT molecular complexity index is 981. The Hall–Kier alpha value is -3.60. The number of benzene rings is 3. The molecule has 5 heteroatoms. The zero-order chi connectivity index (χ0) is 20.5. The van der Waals surface area contributed by atoms with Crippen LogP contribution in [-0.4, -0.2) is 19.2 Å². The molecule has 0 saturated carbocycles. The van der Waals surface area contributed by atoms with Gasteiger partial charge in [-0.15, -0.1) is 0 Å². The van der Waals surface area contributed by atoms with Gasteiger partial charge in [0.15, 0.2) is 0 Å². The molecule has 0 unspecified atom stereocenters. The fourth-order valence-corrected chi connectivity index (χ4v) is 2.75. The van der Waals surface area contributed by atoms with Crippen LogP contribution in [0.15, 0.2) is 77.9 Å². The summed E-state index contributed by atoms with van der Waals surface area (Å²) in [7, 11) is 1.60. The third-order valence-electron chi connectivity index (χ3n) is 4.33. The van der Waals surface area contributed by atoms with E-state index in [1.165, 1.54) is 5.56 Å². The van der Waals surface area contributed by atoms with E-state index >= 15 is 0 Å². The monoisotopic (exact) mass is 388 g/mol. The third kappa shape index (κ3) is 6.21. The van der Waals surface area contributed by atoms with Crippen LogP contribution in [0.2, 0.25) is 0 Å². The second-order valence-corrected chi connectivity index (χ2v) is 6.63. The molecule has 0 heterocycles. The summed E-state index contributed by atoms with van der Waals surface area (Å²) < 4.78 is 11.1. The van der Waals surface area contributed by atoms with E-state index in [1.54, 1.807) is 13.3 Å². The van der Waals surface area contributed by atoms with Crippen LogP contribution in [0.3, 0.4) is 0 Å². The highest BCUT2D eigenvalue weighted by Gasteiger charge is 2.05. The van der Waals surface area contributed by atoms with Gasteiger partial charge in [-0.05, 0) is 42.3 Å². The molecule has 0 aliphatic heterocycles. The van der Waals surface area contributed by atoms with Gasteiger partial charge in [0, 0.05) is 5.56 Å². The number of amides is 1. The molecule has 3 aromatic rings. The quantitative estimate of drug-likeness (QED) is 0.463. The molecule has 0 aliphatic carbocycles. The Morgan fingerprint density at radius 3 is 2.59 bits per heavy atom. The molecule has 0 bridgehead atoms. The first-order chi connectivity index (χ1) is 14.1. The standard InChI is InChI=1S/C24H24N2O3/c1-18-10-12-19(13-11-18)17-29-23-9-4-3-7-21(23)16-25-26-24(27)15-20-6-5-8-22(14-20)28-2/h3-14,16H,15,17H2,1-2H3,(H,26,27)/b25-16+.